The van der Waals surface area contributed by atoms with Gasteiger partial charge in [-0.3, -0.25) is 14.5 Å². The van der Waals surface area contributed by atoms with E-state index >= 15 is 0 Å². The van der Waals surface area contributed by atoms with Crippen LogP contribution in [-0.2, 0) is 9.59 Å². The topological polar surface area (TPSA) is 37.4 Å². The van der Waals surface area contributed by atoms with Crippen LogP contribution < -0.4 is 0 Å². The molecule has 1 aromatic carbocycles. The number of rotatable bonds is 1. The number of fused-ring (bicyclic) bond motifs is 3. The van der Waals surface area contributed by atoms with Crippen LogP contribution >= 0.6 is 0 Å². The first-order valence-corrected chi connectivity index (χ1v) is 8.27. The molecule has 2 aliphatic carbocycles. The van der Waals surface area contributed by atoms with E-state index in [2.05, 4.69) is 24.3 Å². The number of likely N-dealkylation sites (tertiary alicyclic amines) is 1. The fourth-order valence-electron chi connectivity index (χ4n) is 4.68. The van der Waals surface area contributed by atoms with E-state index in [9.17, 15) is 9.59 Å². The van der Waals surface area contributed by atoms with Gasteiger partial charge in [0.1, 0.15) is 0 Å². The summed E-state index contributed by atoms with van der Waals surface area (Å²) in [4.78, 5) is 26.4. The lowest BCUT2D eigenvalue weighted by Crippen LogP contribution is -2.34. The highest BCUT2D eigenvalue weighted by Crippen LogP contribution is 2.51. The maximum atomic E-state index is 12.5. The highest BCUT2D eigenvalue weighted by atomic mass is 16.2. The zero-order chi connectivity index (χ0) is 15.3. The molecule has 2 amide bonds. The lowest BCUT2D eigenvalue weighted by atomic mass is 9.64. The van der Waals surface area contributed by atoms with Crippen LogP contribution in [0.25, 0.3) is 5.57 Å². The summed E-state index contributed by atoms with van der Waals surface area (Å²) < 4.78 is 0. The summed E-state index contributed by atoms with van der Waals surface area (Å²) in [5, 5.41) is 0. The van der Waals surface area contributed by atoms with Crippen molar-refractivity contribution in [1.29, 1.82) is 0 Å². The van der Waals surface area contributed by atoms with Crippen molar-refractivity contribution in [2.24, 2.45) is 17.8 Å². The van der Waals surface area contributed by atoms with E-state index in [0.717, 1.165) is 19.3 Å². The van der Waals surface area contributed by atoms with E-state index in [4.69, 9.17) is 0 Å². The van der Waals surface area contributed by atoms with Gasteiger partial charge in [-0.1, -0.05) is 42.3 Å². The van der Waals surface area contributed by atoms with Gasteiger partial charge in [0, 0.05) is 7.05 Å². The summed E-state index contributed by atoms with van der Waals surface area (Å²) in [5.41, 5.74) is 4.02. The van der Waals surface area contributed by atoms with Crippen LogP contribution in [0.15, 0.2) is 35.9 Å². The maximum absolute atomic E-state index is 12.5. The summed E-state index contributed by atoms with van der Waals surface area (Å²) >= 11 is 0. The van der Waals surface area contributed by atoms with Crippen molar-refractivity contribution in [3.05, 3.63) is 41.5 Å². The van der Waals surface area contributed by atoms with Crippen molar-refractivity contribution in [3.63, 3.8) is 0 Å². The fourth-order valence-corrected chi connectivity index (χ4v) is 4.68. The van der Waals surface area contributed by atoms with Gasteiger partial charge in [0.15, 0.2) is 0 Å². The van der Waals surface area contributed by atoms with E-state index in [1.54, 1.807) is 7.05 Å². The summed E-state index contributed by atoms with van der Waals surface area (Å²) in [7, 11) is 1.65. The molecule has 1 aliphatic heterocycles. The van der Waals surface area contributed by atoms with Crippen LogP contribution in [0.3, 0.4) is 0 Å². The molecular weight excluding hydrogens is 274 g/mol. The molecule has 0 unspecified atom stereocenters. The van der Waals surface area contributed by atoms with E-state index < -0.39 is 0 Å². The maximum Gasteiger partial charge on any atom is 0.233 e. The minimum Gasteiger partial charge on any atom is -0.285 e. The van der Waals surface area contributed by atoms with E-state index in [1.807, 2.05) is 6.07 Å². The van der Waals surface area contributed by atoms with Crippen molar-refractivity contribution in [2.75, 3.05) is 7.05 Å². The fraction of sp³-hybridized carbons (Fsp3) is 0.474. The normalized spacial score (nSPS) is 31.3. The quantitative estimate of drug-likeness (QED) is 0.746. The first kappa shape index (κ1) is 13.7. The molecule has 3 aliphatic rings. The van der Waals surface area contributed by atoms with Crippen molar-refractivity contribution in [2.45, 2.75) is 32.1 Å². The van der Waals surface area contributed by atoms with E-state index in [1.165, 1.54) is 34.5 Å². The molecule has 1 saturated carbocycles. The molecule has 0 bridgehead atoms. The third-order valence-electron chi connectivity index (χ3n) is 5.72. The van der Waals surface area contributed by atoms with Crippen LogP contribution in [0, 0.1) is 17.8 Å². The van der Waals surface area contributed by atoms with Gasteiger partial charge in [-0.2, -0.15) is 0 Å². The van der Waals surface area contributed by atoms with Gasteiger partial charge in [-0.25, -0.2) is 0 Å². The van der Waals surface area contributed by atoms with Crippen LogP contribution in [0.5, 0.6) is 0 Å². The predicted molar refractivity (Wildman–Crippen MR) is 84.7 cm³/mol. The Hall–Kier alpha value is -1.90. The van der Waals surface area contributed by atoms with Gasteiger partial charge in [-0.05, 0) is 42.7 Å². The number of amides is 2. The second-order valence-corrected chi connectivity index (χ2v) is 6.79. The molecule has 0 aromatic heterocycles. The Morgan fingerprint density at radius 2 is 1.77 bits per heavy atom. The number of hydrogen-bond acceptors (Lipinski definition) is 2. The molecule has 22 heavy (non-hydrogen) atoms. The number of carbonyl (C=O) groups excluding carboxylic acids is 2. The molecule has 0 spiro atoms. The highest BCUT2D eigenvalue weighted by Gasteiger charge is 2.53. The SMILES string of the molecule is CN1C(=O)[C@@H]2[C@@H](CC(c3ccccc3)=C3CCCC[C@@H]32)C1=O. The third kappa shape index (κ3) is 1.88. The standard InChI is InChI=1S/C19H21NO2/c1-20-18(21)16-11-15(12-7-3-2-4-8-12)13-9-5-6-10-14(13)17(16)19(20)22/h2-4,7-8,14,16-17H,5-6,9-11H2,1H3/t14-,16+,17-/m0/s1. The molecule has 4 rings (SSSR count). The summed E-state index contributed by atoms with van der Waals surface area (Å²) in [6, 6.07) is 10.4. The lowest BCUT2D eigenvalue weighted by molar-refractivity contribution is -0.138. The van der Waals surface area contributed by atoms with E-state index in [-0.39, 0.29) is 29.6 Å². The zero-order valence-electron chi connectivity index (χ0n) is 12.9. The Morgan fingerprint density at radius 1 is 1.00 bits per heavy atom. The smallest absolute Gasteiger partial charge is 0.233 e. The number of benzene rings is 1. The number of hydrogen-bond donors (Lipinski definition) is 0. The number of carbonyl (C=O) groups is 2. The van der Waals surface area contributed by atoms with Crippen LogP contribution in [0.4, 0.5) is 0 Å². The Morgan fingerprint density at radius 3 is 2.55 bits per heavy atom. The molecule has 1 heterocycles. The Balaban J connectivity index is 1.83. The second kappa shape index (κ2) is 5.08. The molecule has 0 N–H and O–H groups in total. The largest absolute Gasteiger partial charge is 0.285 e. The van der Waals surface area contributed by atoms with Crippen LogP contribution in [0.1, 0.15) is 37.7 Å². The molecule has 0 radical (unpaired) electrons. The summed E-state index contributed by atoms with van der Waals surface area (Å²) in [6.07, 6.45) is 5.25. The Labute approximate surface area is 131 Å². The molecule has 3 atom stereocenters. The molecule has 1 saturated heterocycles. The molecule has 114 valence electrons. The number of allylic oxidation sites excluding steroid dienone is 2. The second-order valence-electron chi connectivity index (χ2n) is 6.79. The minimum atomic E-state index is -0.139. The van der Waals surface area contributed by atoms with Crippen molar-refractivity contribution >= 4 is 17.4 Å². The van der Waals surface area contributed by atoms with Crippen LogP contribution in [-0.4, -0.2) is 23.8 Å². The molecule has 3 heteroatoms. The lowest BCUT2D eigenvalue weighted by Gasteiger charge is -2.38. The molecule has 1 aromatic rings. The Kier molecular flexibility index (Phi) is 3.17. The first-order valence-electron chi connectivity index (χ1n) is 8.27. The zero-order valence-corrected chi connectivity index (χ0v) is 12.9. The average molecular weight is 295 g/mol. The first-order chi connectivity index (χ1) is 10.7. The highest BCUT2D eigenvalue weighted by molar-refractivity contribution is 6.06. The van der Waals surface area contributed by atoms with E-state index in [0.29, 0.717) is 0 Å². The minimum absolute atomic E-state index is 0.0213. The summed E-state index contributed by atoms with van der Waals surface area (Å²) in [6.45, 7) is 0. The number of imide groups is 1. The van der Waals surface area contributed by atoms with Gasteiger partial charge >= 0.3 is 0 Å². The van der Waals surface area contributed by atoms with Gasteiger partial charge in [0.05, 0.1) is 11.8 Å². The third-order valence-corrected chi connectivity index (χ3v) is 5.72. The van der Waals surface area contributed by atoms with Gasteiger partial charge < -0.3 is 0 Å². The van der Waals surface area contributed by atoms with Crippen molar-refractivity contribution in [1.82, 2.24) is 4.90 Å². The molecule has 2 fully saturated rings. The molecular formula is C19H21NO2. The Bertz CT molecular complexity index is 661. The molecule has 3 nitrogen and oxygen atoms in total. The monoisotopic (exact) mass is 295 g/mol. The van der Waals surface area contributed by atoms with Gasteiger partial charge in [-0.15, -0.1) is 0 Å². The van der Waals surface area contributed by atoms with Crippen molar-refractivity contribution in [3.8, 4) is 0 Å². The van der Waals surface area contributed by atoms with Gasteiger partial charge in [0.25, 0.3) is 0 Å². The van der Waals surface area contributed by atoms with Gasteiger partial charge in [0.2, 0.25) is 11.8 Å². The van der Waals surface area contributed by atoms with Crippen LogP contribution in [0.2, 0.25) is 0 Å². The number of nitrogens with zero attached hydrogens (tertiary/aromatic N) is 1. The summed E-state index contributed by atoms with van der Waals surface area (Å²) in [5.74, 6) is 0.114. The van der Waals surface area contributed by atoms with Crippen molar-refractivity contribution < 1.29 is 9.59 Å². The average Bonchev–Trinajstić information content (AvgIpc) is 2.79. The predicted octanol–water partition coefficient (Wildman–Crippen LogP) is 3.27.